The normalized spacial score (nSPS) is 17.7. The fourth-order valence-electron chi connectivity index (χ4n) is 1.75. The molecule has 0 saturated carbocycles. The van der Waals surface area contributed by atoms with Crippen LogP contribution in [0.25, 0.3) is 0 Å². The first-order valence-electron chi connectivity index (χ1n) is 7.10. The molecule has 0 amide bonds. The van der Waals surface area contributed by atoms with Crippen molar-refractivity contribution in [3.8, 4) is 0 Å². The molecular formula is C14H22BNO6. The summed E-state index contributed by atoms with van der Waals surface area (Å²) in [4.78, 5) is 36.0. The zero-order valence-electron chi connectivity index (χ0n) is 13.5. The summed E-state index contributed by atoms with van der Waals surface area (Å²) in [5.41, 5.74) is -0.526. The van der Waals surface area contributed by atoms with Gasteiger partial charge < -0.3 is 14.0 Å². The van der Waals surface area contributed by atoms with Gasteiger partial charge >= 0.3 is 25.0 Å². The molecule has 0 spiro atoms. The minimum absolute atomic E-state index is 0.0349. The minimum Gasteiger partial charge on any atom is -0.498 e. The number of rotatable bonds is 4. The van der Waals surface area contributed by atoms with Gasteiger partial charge in [-0.25, -0.2) is 0 Å². The van der Waals surface area contributed by atoms with E-state index < -0.39 is 24.7 Å². The van der Waals surface area contributed by atoms with Crippen LogP contribution >= 0.6 is 0 Å². The van der Waals surface area contributed by atoms with Crippen molar-refractivity contribution in [3.05, 3.63) is 12.2 Å². The molecule has 1 heterocycles. The van der Waals surface area contributed by atoms with E-state index in [4.69, 9.17) is 14.0 Å². The van der Waals surface area contributed by atoms with Gasteiger partial charge in [0.25, 0.3) is 0 Å². The van der Waals surface area contributed by atoms with E-state index in [1.54, 1.807) is 40.0 Å². The van der Waals surface area contributed by atoms with E-state index in [0.717, 1.165) is 0 Å². The second-order valence-electron chi connectivity index (χ2n) is 6.08. The van der Waals surface area contributed by atoms with E-state index in [9.17, 15) is 14.4 Å². The summed E-state index contributed by atoms with van der Waals surface area (Å²) >= 11 is 0. The number of hydrogen-bond donors (Lipinski definition) is 0. The molecule has 0 aromatic heterocycles. The SMILES string of the molecule is CN1CC(=O)OB(C/C=C/CC(=O)OC(C)(C)C)OC(=O)C1. The topological polar surface area (TPSA) is 82.1 Å². The first-order chi connectivity index (χ1) is 10.2. The fourth-order valence-corrected chi connectivity index (χ4v) is 1.75. The first kappa shape index (κ1) is 18.2. The summed E-state index contributed by atoms with van der Waals surface area (Å²) in [6.07, 6.45) is 3.53. The smallest absolute Gasteiger partial charge is 0.498 e. The van der Waals surface area contributed by atoms with Crippen molar-refractivity contribution in [1.82, 2.24) is 4.90 Å². The van der Waals surface area contributed by atoms with Crippen molar-refractivity contribution in [2.75, 3.05) is 20.1 Å². The third-order valence-electron chi connectivity index (χ3n) is 2.52. The number of hydrogen-bond acceptors (Lipinski definition) is 7. The van der Waals surface area contributed by atoms with Crippen LogP contribution in [0.1, 0.15) is 27.2 Å². The molecule has 1 aliphatic heterocycles. The predicted molar refractivity (Wildman–Crippen MR) is 79.8 cm³/mol. The van der Waals surface area contributed by atoms with Crippen LogP contribution in [0.5, 0.6) is 0 Å². The maximum atomic E-state index is 11.5. The van der Waals surface area contributed by atoms with Crippen LogP contribution in [0.4, 0.5) is 0 Å². The summed E-state index contributed by atoms with van der Waals surface area (Å²) in [5, 5.41) is 0. The van der Waals surface area contributed by atoms with Gasteiger partial charge in [0.2, 0.25) is 0 Å². The maximum absolute atomic E-state index is 11.5. The highest BCUT2D eigenvalue weighted by Crippen LogP contribution is 2.09. The van der Waals surface area contributed by atoms with Crippen molar-refractivity contribution in [2.24, 2.45) is 0 Å². The lowest BCUT2D eigenvalue weighted by molar-refractivity contribution is -0.154. The summed E-state index contributed by atoms with van der Waals surface area (Å²) in [5.74, 6) is -1.27. The summed E-state index contributed by atoms with van der Waals surface area (Å²) in [6.45, 7) is 5.44. The number of nitrogens with zero attached hydrogens (tertiary/aromatic N) is 1. The summed E-state index contributed by atoms with van der Waals surface area (Å²) in [6, 6.07) is 0. The molecular weight excluding hydrogens is 289 g/mol. The summed E-state index contributed by atoms with van der Waals surface area (Å²) < 4.78 is 15.2. The molecule has 1 aliphatic rings. The second-order valence-corrected chi connectivity index (χ2v) is 6.08. The third kappa shape index (κ3) is 7.83. The van der Waals surface area contributed by atoms with Crippen molar-refractivity contribution in [2.45, 2.75) is 39.1 Å². The number of carbonyl (C=O) groups excluding carboxylic acids is 3. The molecule has 0 unspecified atom stereocenters. The van der Waals surface area contributed by atoms with Crippen molar-refractivity contribution >= 4 is 25.0 Å². The van der Waals surface area contributed by atoms with E-state index in [1.807, 2.05) is 0 Å². The quantitative estimate of drug-likeness (QED) is 0.431. The standard InChI is InChI=1S/C14H22BNO6/c1-14(2,3)20-11(17)7-5-6-8-15-21-12(18)9-16(4)10-13(19)22-15/h5-6H,7-10H2,1-4H3/b6-5+. The molecule has 0 bridgehead atoms. The van der Waals surface area contributed by atoms with Crippen molar-refractivity contribution < 1.29 is 28.4 Å². The van der Waals surface area contributed by atoms with Gasteiger partial charge in [-0.05, 0) is 27.8 Å². The predicted octanol–water partition coefficient (Wildman–Crippen LogP) is 0.794. The number of carbonyl (C=O) groups is 3. The monoisotopic (exact) mass is 311 g/mol. The number of esters is 1. The Bertz CT molecular complexity index is 437. The molecule has 0 aromatic rings. The second kappa shape index (κ2) is 7.98. The molecule has 122 valence electrons. The lowest BCUT2D eigenvalue weighted by Gasteiger charge is -2.22. The first-order valence-corrected chi connectivity index (χ1v) is 7.10. The average molecular weight is 311 g/mol. The average Bonchev–Trinajstić information content (AvgIpc) is 2.29. The fraction of sp³-hybridized carbons (Fsp3) is 0.643. The highest BCUT2D eigenvalue weighted by atomic mass is 16.6. The molecule has 1 rings (SSSR count). The van der Waals surface area contributed by atoms with Gasteiger partial charge in [0, 0.05) is 6.32 Å². The Hall–Kier alpha value is -1.83. The van der Waals surface area contributed by atoms with Gasteiger partial charge in [-0.3, -0.25) is 19.3 Å². The third-order valence-corrected chi connectivity index (χ3v) is 2.52. The number of ether oxygens (including phenoxy) is 1. The Morgan fingerprint density at radius 1 is 1.23 bits per heavy atom. The van der Waals surface area contributed by atoms with E-state index in [2.05, 4.69) is 0 Å². The molecule has 8 heteroatoms. The summed E-state index contributed by atoms with van der Waals surface area (Å²) in [7, 11) is 0.674. The number of likely N-dealkylation sites (N-methyl/N-ethyl adjacent to an activating group) is 1. The Labute approximate surface area is 130 Å². The van der Waals surface area contributed by atoms with Gasteiger partial charge in [0.1, 0.15) is 5.60 Å². The minimum atomic E-state index is -0.955. The van der Waals surface area contributed by atoms with Crippen LogP contribution in [0.15, 0.2) is 12.2 Å². The van der Waals surface area contributed by atoms with Gasteiger partial charge in [-0.15, -0.1) is 0 Å². The van der Waals surface area contributed by atoms with Crippen molar-refractivity contribution in [1.29, 1.82) is 0 Å². The molecule has 0 aliphatic carbocycles. The lowest BCUT2D eigenvalue weighted by atomic mass is 9.84. The molecule has 7 nitrogen and oxygen atoms in total. The van der Waals surface area contributed by atoms with Gasteiger partial charge in [0.05, 0.1) is 19.5 Å². The highest BCUT2D eigenvalue weighted by molar-refractivity contribution is 6.49. The highest BCUT2D eigenvalue weighted by Gasteiger charge is 2.30. The molecule has 0 N–H and O–H groups in total. The Morgan fingerprint density at radius 2 is 1.77 bits per heavy atom. The zero-order valence-corrected chi connectivity index (χ0v) is 13.5. The van der Waals surface area contributed by atoms with Crippen molar-refractivity contribution in [3.63, 3.8) is 0 Å². The largest absolute Gasteiger partial charge is 0.602 e. The van der Waals surface area contributed by atoms with E-state index >= 15 is 0 Å². The van der Waals surface area contributed by atoms with Crippen LogP contribution in [0.2, 0.25) is 6.32 Å². The van der Waals surface area contributed by atoms with Gasteiger partial charge in [-0.2, -0.15) is 0 Å². The molecule has 1 saturated heterocycles. The van der Waals surface area contributed by atoms with Crippen LogP contribution in [0.3, 0.4) is 0 Å². The van der Waals surface area contributed by atoms with Gasteiger partial charge in [0.15, 0.2) is 0 Å². The van der Waals surface area contributed by atoms with Crippen LogP contribution in [0, 0.1) is 0 Å². The van der Waals surface area contributed by atoms with Crippen LogP contribution < -0.4 is 0 Å². The molecule has 0 aromatic carbocycles. The number of allylic oxidation sites excluding steroid dienone is 1. The van der Waals surface area contributed by atoms with E-state index in [-0.39, 0.29) is 31.8 Å². The lowest BCUT2D eigenvalue weighted by Crippen LogP contribution is -2.42. The molecule has 0 radical (unpaired) electrons. The zero-order chi connectivity index (χ0) is 16.8. The van der Waals surface area contributed by atoms with Crippen LogP contribution in [-0.2, 0) is 28.4 Å². The van der Waals surface area contributed by atoms with E-state index in [0.29, 0.717) is 0 Å². The molecule has 0 atom stereocenters. The molecule has 1 fully saturated rings. The Kier molecular flexibility index (Phi) is 6.61. The van der Waals surface area contributed by atoms with Gasteiger partial charge in [-0.1, -0.05) is 12.2 Å². The van der Waals surface area contributed by atoms with Crippen LogP contribution in [-0.4, -0.2) is 55.7 Å². The maximum Gasteiger partial charge on any atom is 0.602 e. The molecule has 22 heavy (non-hydrogen) atoms. The Morgan fingerprint density at radius 3 is 2.27 bits per heavy atom. The van der Waals surface area contributed by atoms with E-state index in [1.165, 1.54) is 4.90 Å². The Balaban J connectivity index is 2.42.